The van der Waals surface area contributed by atoms with Crippen LogP contribution in [-0.4, -0.2) is 61.9 Å². The fourth-order valence-electron chi connectivity index (χ4n) is 2.12. The first kappa shape index (κ1) is 15.9. The lowest BCUT2D eigenvalue weighted by Crippen LogP contribution is -2.34. The maximum Gasteiger partial charge on any atom is 0.0897 e. The Morgan fingerprint density at radius 2 is 1.94 bits per heavy atom. The molecule has 3 N–H and O–H groups in total. The summed E-state index contributed by atoms with van der Waals surface area (Å²) >= 11 is 0. The summed E-state index contributed by atoms with van der Waals surface area (Å²) in [6.45, 7) is 2.59. The van der Waals surface area contributed by atoms with Gasteiger partial charge in [-0.15, -0.1) is 0 Å². The van der Waals surface area contributed by atoms with Crippen LogP contribution < -0.4 is 5.32 Å². The van der Waals surface area contributed by atoms with E-state index in [9.17, 15) is 5.11 Å². The molecule has 0 aromatic carbocycles. The highest BCUT2D eigenvalue weighted by molar-refractivity contribution is 4.67. The molecule has 18 heavy (non-hydrogen) atoms. The number of ether oxygens (including phenoxy) is 2. The Balaban J connectivity index is 1.88. The maximum absolute atomic E-state index is 9.71. The highest BCUT2D eigenvalue weighted by Gasteiger charge is 2.15. The van der Waals surface area contributed by atoms with Gasteiger partial charge in [-0.05, 0) is 12.8 Å². The van der Waals surface area contributed by atoms with Crippen LogP contribution in [-0.2, 0) is 9.47 Å². The molecule has 1 rings (SSSR count). The van der Waals surface area contributed by atoms with E-state index in [1.165, 1.54) is 19.3 Å². The number of hydrogen-bond acceptors (Lipinski definition) is 5. The largest absolute Gasteiger partial charge is 0.394 e. The summed E-state index contributed by atoms with van der Waals surface area (Å²) in [5, 5.41) is 21.3. The minimum absolute atomic E-state index is 0.0534. The molecule has 0 radical (unpaired) electrons. The van der Waals surface area contributed by atoms with Crippen LogP contribution in [0, 0.1) is 0 Å². The molecule has 5 heteroatoms. The van der Waals surface area contributed by atoms with Crippen LogP contribution in [0.4, 0.5) is 0 Å². The predicted octanol–water partition coefficient (Wildman–Crippen LogP) is 0.295. The molecule has 0 bridgehead atoms. The van der Waals surface area contributed by atoms with E-state index in [0.717, 1.165) is 12.8 Å². The lowest BCUT2D eigenvalue weighted by Gasteiger charge is -2.23. The molecule has 0 amide bonds. The van der Waals surface area contributed by atoms with E-state index < -0.39 is 6.10 Å². The Kier molecular flexibility index (Phi) is 9.42. The molecule has 0 spiro atoms. The van der Waals surface area contributed by atoms with Gasteiger partial charge in [-0.1, -0.05) is 19.3 Å². The van der Waals surface area contributed by atoms with Gasteiger partial charge >= 0.3 is 0 Å². The lowest BCUT2D eigenvalue weighted by molar-refractivity contribution is -0.0233. The average molecular weight is 261 g/mol. The Morgan fingerprint density at radius 3 is 2.67 bits per heavy atom. The molecule has 1 saturated carbocycles. The van der Waals surface area contributed by atoms with Gasteiger partial charge in [0.15, 0.2) is 0 Å². The van der Waals surface area contributed by atoms with Crippen molar-refractivity contribution in [1.29, 1.82) is 0 Å². The second-order valence-corrected chi connectivity index (χ2v) is 4.79. The van der Waals surface area contributed by atoms with Crippen LogP contribution in [0.2, 0.25) is 0 Å². The van der Waals surface area contributed by atoms with Crippen molar-refractivity contribution in [2.75, 3.05) is 39.5 Å². The summed E-state index contributed by atoms with van der Waals surface area (Å²) in [6, 6.07) is 0. The monoisotopic (exact) mass is 261 g/mol. The Labute approximate surface area is 109 Å². The van der Waals surface area contributed by atoms with E-state index in [0.29, 0.717) is 39.0 Å². The summed E-state index contributed by atoms with van der Waals surface area (Å²) in [5.74, 6) is 0. The summed E-state index contributed by atoms with van der Waals surface area (Å²) < 4.78 is 10.8. The molecule has 0 heterocycles. The van der Waals surface area contributed by atoms with E-state index in [1.54, 1.807) is 0 Å². The predicted molar refractivity (Wildman–Crippen MR) is 69.6 cm³/mol. The van der Waals surface area contributed by atoms with Crippen LogP contribution in [0.15, 0.2) is 0 Å². The third kappa shape index (κ3) is 8.00. The average Bonchev–Trinajstić information content (AvgIpc) is 2.41. The van der Waals surface area contributed by atoms with Crippen LogP contribution >= 0.6 is 0 Å². The van der Waals surface area contributed by atoms with Gasteiger partial charge in [-0.25, -0.2) is 0 Å². The fraction of sp³-hybridized carbons (Fsp3) is 1.00. The topological polar surface area (TPSA) is 71.0 Å². The van der Waals surface area contributed by atoms with E-state index in [2.05, 4.69) is 5.32 Å². The normalized spacial score (nSPS) is 19.0. The molecule has 1 aliphatic carbocycles. The van der Waals surface area contributed by atoms with E-state index in [4.69, 9.17) is 14.6 Å². The van der Waals surface area contributed by atoms with Crippen molar-refractivity contribution in [3.8, 4) is 0 Å². The summed E-state index contributed by atoms with van der Waals surface area (Å²) in [7, 11) is 0. The van der Waals surface area contributed by atoms with Crippen molar-refractivity contribution in [2.24, 2.45) is 0 Å². The number of aliphatic hydroxyl groups excluding tert-OH is 2. The quantitative estimate of drug-likeness (QED) is 0.493. The molecule has 0 aromatic heterocycles. The zero-order valence-corrected chi connectivity index (χ0v) is 11.1. The van der Waals surface area contributed by atoms with Crippen molar-refractivity contribution in [1.82, 2.24) is 5.32 Å². The third-order valence-corrected chi connectivity index (χ3v) is 3.12. The fourth-order valence-corrected chi connectivity index (χ4v) is 2.12. The van der Waals surface area contributed by atoms with Crippen molar-refractivity contribution in [3.05, 3.63) is 0 Å². The van der Waals surface area contributed by atoms with Crippen LogP contribution in [0.1, 0.15) is 32.1 Å². The van der Waals surface area contributed by atoms with E-state index >= 15 is 0 Å². The first-order valence-electron chi connectivity index (χ1n) is 7.02. The standard InChI is InChI=1S/C13H27NO4/c15-7-9-17-8-6-14-10-12(16)11-18-13-4-2-1-3-5-13/h12-16H,1-11H2/t12-/m0/s1. The molecule has 1 aliphatic rings. The van der Waals surface area contributed by atoms with Gasteiger partial charge in [0, 0.05) is 13.1 Å². The minimum atomic E-state index is -0.454. The van der Waals surface area contributed by atoms with Crippen molar-refractivity contribution in [2.45, 2.75) is 44.3 Å². The van der Waals surface area contributed by atoms with Crippen LogP contribution in [0.5, 0.6) is 0 Å². The van der Waals surface area contributed by atoms with E-state index in [1.807, 2.05) is 0 Å². The van der Waals surface area contributed by atoms with Crippen molar-refractivity contribution < 1.29 is 19.7 Å². The van der Waals surface area contributed by atoms with Gasteiger partial charge in [0.05, 0.1) is 38.6 Å². The van der Waals surface area contributed by atoms with Crippen LogP contribution in [0.3, 0.4) is 0 Å². The molecule has 0 saturated heterocycles. The molecule has 108 valence electrons. The zero-order chi connectivity index (χ0) is 13.1. The molecule has 5 nitrogen and oxygen atoms in total. The molecular weight excluding hydrogens is 234 g/mol. The van der Waals surface area contributed by atoms with E-state index in [-0.39, 0.29) is 6.61 Å². The molecule has 1 fully saturated rings. The first-order chi connectivity index (χ1) is 8.83. The SMILES string of the molecule is OCCOCCNC[C@H](O)COC1CCCCC1. The highest BCUT2D eigenvalue weighted by Crippen LogP contribution is 2.20. The number of nitrogens with one attached hydrogen (secondary N) is 1. The van der Waals surface area contributed by atoms with Gasteiger partial charge in [0.2, 0.25) is 0 Å². The van der Waals surface area contributed by atoms with Gasteiger partial charge in [0.1, 0.15) is 0 Å². The minimum Gasteiger partial charge on any atom is -0.394 e. The first-order valence-corrected chi connectivity index (χ1v) is 7.02. The summed E-state index contributed by atoms with van der Waals surface area (Å²) in [6.07, 6.45) is 5.98. The summed E-state index contributed by atoms with van der Waals surface area (Å²) in [5.41, 5.74) is 0. The third-order valence-electron chi connectivity index (χ3n) is 3.12. The van der Waals surface area contributed by atoms with Crippen molar-refractivity contribution in [3.63, 3.8) is 0 Å². The second-order valence-electron chi connectivity index (χ2n) is 4.79. The smallest absolute Gasteiger partial charge is 0.0897 e. The van der Waals surface area contributed by atoms with Gasteiger partial charge in [0.25, 0.3) is 0 Å². The molecular formula is C13H27NO4. The van der Waals surface area contributed by atoms with Gasteiger partial charge < -0.3 is 25.0 Å². The van der Waals surface area contributed by atoms with Crippen LogP contribution in [0.25, 0.3) is 0 Å². The molecule has 0 aromatic rings. The highest BCUT2D eigenvalue weighted by atomic mass is 16.5. The molecule has 0 unspecified atom stereocenters. The number of hydrogen-bond donors (Lipinski definition) is 3. The lowest BCUT2D eigenvalue weighted by atomic mass is 9.98. The Morgan fingerprint density at radius 1 is 1.17 bits per heavy atom. The Hall–Kier alpha value is -0.200. The van der Waals surface area contributed by atoms with Gasteiger partial charge in [-0.2, -0.15) is 0 Å². The Bertz CT molecular complexity index is 186. The zero-order valence-electron chi connectivity index (χ0n) is 11.1. The molecule has 1 atom stereocenters. The number of rotatable bonds is 10. The van der Waals surface area contributed by atoms with Crippen molar-refractivity contribution >= 4 is 0 Å². The molecule has 0 aliphatic heterocycles. The number of aliphatic hydroxyl groups is 2. The second kappa shape index (κ2) is 10.7. The maximum atomic E-state index is 9.71. The van der Waals surface area contributed by atoms with Gasteiger partial charge in [-0.3, -0.25) is 0 Å². The summed E-state index contributed by atoms with van der Waals surface area (Å²) in [4.78, 5) is 0.